The minimum atomic E-state index is 0.104. The van der Waals surface area contributed by atoms with Crippen LogP contribution >= 0.6 is 0 Å². The number of H-pyrrole nitrogens is 1. The van der Waals surface area contributed by atoms with E-state index in [1.807, 2.05) is 20.8 Å². The van der Waals surface area contributed by atoms with Gasteiger partial charge in [0, 0.05) is 31.3 Å². The van der Waals surface area contributed by atoms with Crippen molar-refractivity contribution in [3.63, 3.8) is 0 Å². The predicted octanol–water partition coefficient (Wildman–Crippen LogP) is 1.39. The highest BCUT2D eigenvalue weighted by atomic mass is 16.2. The maximum atomic E-state index is 11.2. The Bertz CT molecular complexity index is 311. The van der Waals surface area contributed by atoms with E-state index >= 15 is 0 Å². The van der Waals surface area contributed by atoms with E-state index in [0.717, 1.165) is 23.5 Å². The molecule has 14 heavy (non-hydrogen) atoms. The molecule has 4 heteroatoms. The topological polar surface area (TPSA) is 49.0 Å². The number of aromatic amines is 1. The van der Waals surface area contributed by atoms with Crippen LogP contribution in [0.15, 0.2) is 0 Å². The lowest BCUT2D eigenvalue weighted by Crippen LogP contribution is -2.28. The molecule has 0 atom stereocenters. The molecule has 0 saturated carbocycles. The zero-order valence-electron chi connectivity index (χ0n) is 9.22. The summed E-state index contributed by atoms with van der Waals surface area (Å²) in [6.07, 6.45) is 0. The standard InChI is InChI=1S/C10H17N3O/c1-5-13(9(4)14)6-10-7(2)11-12-8(10)3/h5-6H2,1-4H3,(H,11,12). The highest BCUT2D eigenvalue weighted by Crippen LogP contribution is 2.12. The molecular formula is C10H17N3O. The van der Waals surface area contributed by atoms with Gasteiger partial charge in [0.25, 0.3) is 0 Å². The molecule has 0 bridgehead atoms. The predicted molar refractivity (Wildman–Crippen MR) is 54.8 cm³/mol. The van der Waals surface area contributed by atoms with Crippen molar-refractivity contribution >= 4 is 5.91 Å². The van der Waals surface area contributed by atoms with Gasteiger partial charge in [-0.25, -0.2) is 0 Å². The van der Waals surface area contributed by atoms with Crippen LogP contribution in [0.3, 0.4) is 0 Å². The molecule has 1 N–H and O–H groups in total. The molecule has 1 aromatic rings. The normalized spacial score (nSPS) is 10.3. The van der Waals surface area contributed by atoms with E-state index in [-0.39, 0.29) is 5.91 Å². The van der Waals surface area contributed by atoms with Crippen LogP contribution in [0.5, 0.6) is 0 Å². The van der Waals surface area contributed by atoms with Gasteiger partial charge in [0.1, 0.15) is 0 Å². The lowest BCUT2D eigenvalue weighted by molar-refractivity contribution is -0.129. The highest BCUT2D eigenvalue weighted by molar-refractivity contribution is 5.73. The summed E-state index contributed by atoms with van der Waals surface area (Å²) in [4.78, 5) is 13.0. The summed E-state index contributed by atoms with van der Waals surface area (Å²) in [5.41, 5.74) is 3.14. The fourth-order valence-electron chi connectivity index (χ4n) is 1.44. The first-order valence-corrected chi connectivity index (χ1v) is 4.82. The molecule has 1 heterocycles. The molecule has 0 saturated heterocycles. The fraction of sp³-hybridized carbons (Fsp3) is 0.600. The summed E-state index contributed by atoms with van der Waals surface area (Å²) in [7, 11) is 0. The summed E-state index contributed by atoms with van der Waals surface area (Å²) in [6, 6.07) is 0. The Labute approximate surface area is 84.3 Å². The third kappa shape index (κ3) is 2.13. The molecule has 0 fully saturated rings. The van der Waals surface area contributed by atoms with Crippen LogP contribution in [-0.2, 0) is 11.3 Å². The average molecular weight is 195 g/mol. The molecule has 78 valence electrons. The van der Waals surface area contributed by atoms with Crippen molar-refractivity contribution in [2.45, 2.75) is 34.2 Å². The molecular weight excluding hydrogens is 178 g/mol. The third-order valence-corrected chi connectivity index (χ3v) is 2.46. The first kappa shape index (κ1) is 10.8. The van der Waals surface area contributed by atoms with Gasteiger partial charge < -0.3 is 4.90 Å². The number of aromatic nitrogens is 2. The molecule has 0 aliphatic carbocycles. The Morgan fingerprint density at radius 2 is 2.14 bits per heavy atom. The number of aryl methyl sites for hydroxylation is 2. The van der Waals surface area contributed by atoms with Gasteiger partial charge in [0.05, 0.1) is 5.69 Å². The zero-order valence-corrected chi connectivity index (χ0v) is 9.22. The molecule has 0 radical (unpaired) electrons. The van der Waals surface area contributed by atoms with Crippen molar-refractivity contribution in [1.29, 1.82) is 0 Å². The lowest BCUT2D eigenvalue weighted by atomic mass is 10.2. The van der Waals surface area contributed by atoms with E-state index in [2.05, 4.69) is 10.2 Å². The maximum Gasteiger partial charge on any atom is 0.219 e. The van der Waals surface area contributed by atoms with E-state index < -0.39 is 0 Å². The molecule has 4 nitrogen and oxygen atoms in total. The second-order valence-corrected chi connectivity index (χ2v) is 3.45. The van der Waals surface area contributed by atoms with Crippen LogP contribution in [0.1, 0.15) is 30.8 Å². The number of rotatable bonds is 3. The SMILES string of the molecule is CCN(Cc1c(C)n[nH]c1C)C(C)=O. The molecule has 1 rings (SSSR count). The first-order valence-electron chi connectivity index (χ1n) is 4.82. The molecule has 0 aliphatic heterocycles. The number of carbonyl (C=O) groups excluding carboxylic acids is 1. The summed E-state index contributed by atoms with van der Waals surface area (Å²) in [5, 5.41) is 7.02. The van der Waals surface area contributed by atoms with Crippen LogP contribution in [0.4, 0.5) is 0 Å². The van der Waals surface area contributed by atoms with E-state index in [0.29, 0.717) is 6.54 Å². The van der Waals surface area contributed by atoms with Crippen LogP contribution in [0, 0.1) is 13.8 Å². The second kappa shape index (κ2) is 4.26. The number of hydrogen-bond acceptors (Lipinski definition) is 2. The third-order valence-electron chi connectivity index (χ3n) is 2.46. The summed E-state index contributed by atoms with van der Waals surface area (Å²) < 4.78 is 0. The van der Waals surface area contributed by atoms with Gasteiger partial charge in [-0.1, -0.05) is 0 Å². The van der Waals surface area contributed by atoms with Gasteiger partial charge in [-0.15, -0.1) is 0 Å². The molecule has 1 amide bonds. The Morgan fingerprint density at radius 3 is 2.50 bits per heavy atom. The minimum absolute atomic E-state index is 0.104. The van der Waals surface area contributed by atoms with Crippen LogP contribution < -0.4 is 0 Å². The molecule has 0 spiro atoms. The van der Waals surface area contributed by atoms with Crippen LogP contribution in [0.2, 0.25) is 0 Å². The van der Waals surface area contributed by atoms with Crippen LogP contribution in [0.25, 0.3) is 0 Å². The molecule has 1 aromatic heterocycles. The van der Waals surface area contributed by atoms with Gasteiger partial charge in [-0.3, -0.25) is 9.89 Å². The molecule has 0 aliphatic rings. The number of nitrogens with zero attached hydrogens (tertiary/aromatic N) is 2. The van der Waals surface area contributed by atoms with E-state index in [1.165, 1.54) is 0 Å². The smallest absolute Gasteiger partial charge is 0.219 e. The maximum absolute atomic E-state index is 11.2. The monoisotopic (exact) mass is 195 g/mol. The van der Waals surface area contributed by atoms with Crippen molar-refractivity contribution in [2.24, 2.45) is 0 Å². The lowest BCUT2D eigenvalue weighted by Gasteiger charge is -2.18. The first-order chi connectivity index (χ1) is 6.56. The fourth-order valence-corrected chi connectivity index (χ4v) is 1.44. The van der Waals surface area contributed by atoms with Crippen molar-refractivity contribution < 1.29 is 4.79 Å². The van der Waals surface area contributed by atoms with Gasteiger partial charge in [0.15, 0.2) is 0 Å². The number of hydrogen-bond donors (Lipinski definition) is 1. The summed E-state index contributed by atoms with van der Waals surface area (Å²) in [6.45, 7) is 8.88. The quantitative estimate of drug-likeness (QED) is 0.792. The van der Waals surface area contributed by atoms with Crippen LogP contribution in [-0.4, -0.2) is 27.5 Å². The van der Waals surface area contributed by atoms with Crippen molar-refractivity contribution in [1.82, 2.24) is 15.1 Å². The van der Waals surface area contributed by atoms with E-state index in [4.69, 9.17) is 0 Å². The van der Waals surface area contributed by atoms with Gasteiger partial charge in [-0.05, 0) is 20.8 Å². The molecule has 0 unspecified atom stereocenters. The highest BCUT2D eigenvalue weighted by Gasteiger charge is 2.12. The Kier molecular flexibility index (Phi) is 3.28. The van der Waals surface area contributed by atoms with Crippen molar-refractivity contribution in [3.8, 4) is 0 Å². The largest absolute Gasteiger partial charge is 0.339 e. The average Bonchev–Trinajstić information content (AvgIpc) is 2.43. The summed E-state index contributed by atoms with van der Waals surface area (Å²) >= 11 is 0. The number of nitrogens with one attached hydrogen (secondary N) is 1. The van der Waals surface area contributed by atoms with Gasteiger partial charge >= 0.3 is 0 Å². The van der Waals surface area contributed by atoms with E-state index in [1.54, 1.807) is 11.8 Å². The van der Waals surface area contributed by atoms with Gasteiger partial charge in [-0.2, -0.15) is 5.10 Å². The zero-order chi connectivity index (χ0) is 10.7. The number of carbonyl (C=O) groups is 1. The molecule has 0 aromatic carbocycles. The Balaban J connectivity index is 2.81. The van der Waals surface area contributed by atoms with Crippen molar-refractivity contribution in [3.05, 3.63) is 17.0 Å². The number of amides is 1. The minimum Gasteiger partial charge on any atom is -0.339 e. The van der Waals surface area contributed by atoms with Crippen molar-refractivity contribution in [2.75, 3.05) is 6.54 Å². The Hall–Kier alpha value is -1.32. The van der Waals surface area contributed by atoms with Gasteiger partial charge in [0.2, 0.25) is 5.91 Å². The Morgan fingerprint density at radius 1 is 1.50 bits per heavy atom. The van der Waals surface area contributed by atoms with E-state index in [9.17, 15) is 4.79 Å². The second-order valence-electron chi connectivity index (χ2n) is 3.45. The summed E-state index contributed by atoms with van der Waals surface area (Å²) in [5.74, 6) is 0.104.